The molecule has 86 valence electrons. The Kier molecular flexibility index (Phi) is 3.01. The van der Waals surface area contributed by atoms with Gasteiger partial charge in [0, 0.05) is 32.4 Å². The van der Waals surface area contributed by atoms with Crippen molar-refractivity contribution in [2.45, 2.75) is 44.6 Å². The average Bonchev–Trinajstić information content (AvgIpc) is 2.17. The van der Waals surface area contributed by atoms with Gasteiger partial charge in [0.1, 0.15) is 5.60 Å². The Labute approximate surface area is 91.8 Å². The van der Waals surface area contributed by atoms with Gasteiger partial charge < -0.3 is 9.64 Å². The Hall–Kier alpha value is -0.570. The van der Waals surface area contributed by atoms with Crippen molar-refractivity contribution in [3.8, 4) is 0 Å². The lowest BCUT2D eigenvalue weighted by Gasteiger charge is -2.48. The van der Waals surface area contributed by atoms with Crippen LogP contribution in [0.25, 0.3) is 0 Å². The molecule has 2 atom stereocenters. The first-order valence-corrected chi connectivity index (χ1v) is 6.00. The number of esters is 1. The minimum Gasteiger partial charge on any atom is -0.459 e. The van der Waals surface area contributed by atoms with Gasteiger partial charge in [0.25, 0.3) is 0 Å². The van der Waals surface area contributed by atoms with Crippen LogP contribution in [-0.2, 0) is 9.53 Å². The molecular formula is C12H21NO2. The maximum atomic E-state index is 11.2. The van der Waals surface area contributed by atoms with Crippen LogP contribution < -0.4 is 0 Å². The van der Waals surface area contributed by atoms with Gasteiger partial charge in [0.15, 0.2) is 0 Å². The highest BCUT2D eigenvalue weighted by Gasteiger charge is 2.46. The molecule has 1 saturated carbocycles. The number of ether oxygens (including phenoxy) is 1. The summed E-state index contributed by atoms with van der Waals surface area (Å²) in [5.41, 5.74) is -0.114. The van der Waals surface area contributed by atoms with Crippen molar-refractivity contribution in [3.05, 3.63) is 0 Å². The lowest BCUT2D eigenvalue weighted by atomic mass is 9.71. The molecule has 0 amide bonds. The zero-order chi connectivity index (χ0) is 10.9. The van der Waals surface area contributed by atoms with Gasteiger partial charge in [-0.15, -0.1) is 0 Å². The van der Waals surface area contributed by atoms with E-state index in [0.717, 1.165) is 25.9 Å². The molecule has 0 aromatic carbocycles. The number of hydrogen-bond donors (Lipinski definition) is 0. The number of carbonyl (C=O) groups excluding carboxylic acids is 1. The topological polar surface area (TPSA) is 29.5 Å². The molecule has 2 aliphatic rings. The van der Waals surface area contributed by atoms with Gasteiger partial charge in [0.05, 0.1) is 0 Å². The molecule has 3 heteroatoms. The molecule has 0 unspecified atom stereocenters. The van der Waals surface area contributed by atoms with Crippen LogP contribution in [0.5, 0.6) is 0 Å². The zero-order valence-electron chi connectivity index (χ0n) is 9.79. The van der Waals surface area contributed by atoms with E-state index in [1.54, 1.807) is 6.92 Å². The standard InChI is InChI=1S/C12H21NO2/c1-10(14)15-12-6-4-3-5-11(12)9-13(2)8-7-12/h11H,3-9H2,1-2H3/t11-,12+/m1/s1. The normalized spacial score (nSPS) is 37.1. The van der Waals surface area contributed by atoms with E-state index in [0.29, 0.717) is 5.92 Å². The van der Waals surface area contributed by atoms with E-state index in [-0.39, 0.29) is 11.6 Å². The van der Waals surface area contributed by atoms with Gasteiger partial charge in [-0.2, -0.15) is 0 Å². The fourth-order valence-corrected chi connectivity index (χ4v) is 3.19. The second kappa shape index (κ2) is 4.12. The predicted octanol–water partition coefficient (Wildman–Crippen LogP) is 1.81. The average molecular weight is 211 g/mol. The van der Waals surface area contributed by atoms with Crippen molar-refractivity contribution >= 4 is 5.97 Å². The largest absolute Gasteiger partial charge is 0.459 e. The summed E-state index contributed by atoms with van der Waals surface area (Å²) in [6.45, 7) is 3.69. The number of hydrogen-bond acceptors (Lipinski definition) is 3. The van der Waals surface area contributed by atoms with E-state index in [1.165, 1.54) is 19.3 Å². The summed E-state index contributed by atoms with van der Waals surface area (Å²) < 4.78 is 5.67. The summed E-state index contributed by atoms with van der Waals surface area (Å²) in [5, 5.41) is 0. The molecule has 1 aliphatic carbocycles. The lowest BCUT2D eigenvalue weighted by molar-refractivity contribution is -0.176. The van der Waals surface area contributed by atoms with E-state index >= 15 is 0 Å². The highest BCUT2D eigenvalue weighted by Crippen LogP contribution is 2.42. The minimum absolute atomic E-state index is 0.105. The quantitative estimate of drug-likeness (QED) is 0.620. The molecule has 0 bridgehead atoms. The van der Waals surface area contributed by atoms with E-state index in [4.69, 9.17) is 4.74 Å². The summed E-state index contributed by atoms with van der Waals surface area (Å²) in [4.78, 5) is 13.6. The number of rotatable bonds is 1. The van der Waals surface area contributed by atoms with Crippen molar-refractivity contribution < 1.29 is 9.53 Å². The summed E-state index contributed by atoms with van der Waals surface area (Å²) in [6.07, 6.45) is 5.82. The summed E-state index contributed by atoms with van der Waals surface area (Å²) in [5.74, 6) is 0.459. The minimum atomic E-state index is -0.114. The predicted molar refractivity (Wildman–Crippen MR) is 58.6 cm³/mol. The second-order valence-corrected chi connectivity index (χ2v) is 5.11. The van der Waals surface area contributed by atoms with E-state index in [2.05, 4.69) is 11.9 Å². The number of fused-ring (bicyclic) bond motifs is 1. The third kappa shape index (κ3) is 2.17. The van der Waals surface area contributed by atoms with Gasteiger partial charge in [-0.1, -0.05) is 6.42 Å². The van der Waals surface area contributed by atoms with Crippen LogP contribution in [0.3, 0.4) is 0 Å². The number of nitrogens with zero attached hydrogens (tertiary/aromatic N) is 1. The SMILES string of the molecule is CC(=O)O[C@]12CCCC[C@@H]1CN(C)CC2. The van der Waals surface area contributed by atoms with Gasteiger partial charge in [-0.05, 0) is 26.3 Å². The van der Waals surface area contributed by atoms with Gasteiger partial charge >= 0.3 is 5.97 Å². The smallest absolute Gasteiger partial charge is 0.303 e. The molecule has 0 N–H and O–H groups in total. The van der Waals surface area contributed by atoms with Crippen molar-refractivity contribution in [1.82, 2.24) is 4.90 Å². The monoisotopic (exact) mass is 211 g/mol. The Bertz CT molecular complexity index is 254. The molecule has 2 fully saturated rings. The van der Waals surface area contributed by atoms with Gasteiger partial charge in [0.2, 0.25) is 0 Å². The van der Waals surface area contributed by atoms with Crippen LogP contribution in [-0.4, -0.2) is 36.6 Å². The van der Waals surface area contributed by atoms with Crippen molar-refractivity contribution in [2.75, 3.05) is 20.1 Å². The first-order valence-electron chi connectivity index (χ1n) is 6.00. The fourth-order valence-electron chi connectivity index (χ4n) is 3.19. The summed E-state index contributed by atoms with van der Waals surface area (Å²) >= 11 is 0. The number of likely N-dealkylation sites (tertiary alicyclic amines) is 1. The molecule has 1 aliphatic heterocycles. The Morgan fingerprint density at radius 1 is 1.40 bits per heavy atom. The molecule has 0 radical (unpaired) electrons. The third-order valence-corrected chi connectivity index (χ3v) is 3.94. The summed E-state index contributed by atoms with van der Waals surface area (Å²) in [7, 11) is 2.16. The van der Waals surface area contributed by atoms with Gasteiger partial charge in [-0.3, -0.25) is 4.79 Å². The van der Waals surface area contributed by atoms with E-state index in [9.17, 15) is 4.79 Å². The molecule has 0 aromatic rings. The first-order chi connectivity index (χ1) is 7.12. The van der Waals surface area contributed by atoms with Crippen molar-refractivity contribution in [2.24, 2.45) is 5.92 Å². The Morgan fingerprint density at radius 2 is 2.20 bits per heavy atom. The second-order valence-electron chi connectivity index (χ2n) is 5.11. The Balaban J connectivity index is 2.12. The maximum Gasteiger partial charge on any atom is 0.303 e. The molecule has 3 nitrogen and oxygen atoms in total. The lowest BCUT2D eigenvalue weighted by Crippen LogP contribution is -2.54. The van der Waals surface area contributed by atoms with Crippen LogP contribution in [0, 0.1) is 5.92 Å². The van der Waals surface area contributed by atoms with Crippen LogP contribution in [0.1, 0.15) is 39.0 Å². The van der Waals surface area contributed by atoms with Crippen LogP contribution in [0.15, 0.2) is 0 Å². The van der Waals surface area contributed by atoms with Crippen molar-refractivity contribution in [1.29, 1.82) is 0 Å². The maximum absolute atomic E-state index is 11.2. The highest BCUT2D eigenvalue weighted by molar-refractivity contribution is 5.66. The highest BCUT2D eigenvalue weighted by atomic mass is 16.6. The first kappa shape index (κ1) is 10.9. The molecule has 0 spiro atoms. The fraction of sp³-hybridized carbons (Fsp3) is 0.917. The van der Waals surface area contributed by atoms with E-state index in [1.807, 2.05) is 0 Å². The molecular weight excluding hydrogens is 190 g/mol. The number of piperidine rings is 1. The van der Waals surface area contributed by atoms with Crippen LogP contribution >= 0.6 is 0 Å². The number of carbonyl (C=O) groups is 1. The molecule has 1 heterocycles. The van der Waals surface area contributed by atoms with E-state index < -0.39 is 0 Å². The van der Waals surface area contributed by atoms with Crippen molar-refractivity contribution in [3.63, 3.8) is 0 Å². The third-order valence-electron chi connectivity index (χ3n) is 3.94. The molecule has 0 aromatic heterocycles. The van der Waals surface area contributed by atoms with Crippen LogP contribution in [0.4, 0.5) is 0 Å². The molecule has 1 saturated heterocycles. The van der Waals surface area contributed by atoms with Crippen LogP contribution in [0.2, 0.25) is 0 Å². The summed E-state index contributed by atoms with van der Waals surface area (Å²) in [6, 6.07) is 0. The molecule has 15 heavy (non-hydrogen) atoms. The van der Waals surface area contributed by atoms with Gasteiger partial charge in [-0.25, -0.2) is 0 Å². The zero-order valence-corrected chi connectivity index (χ0v) is 9.79. The Morgan fingerprint density at radius 3 is 2.93 bits per heavy atom. The molecule has 2 rings (SSSR count).